The number of amides is 1. The largest absolute Gasteiger partial charge is 0.381 e. The van der Waals surface area contributed by atoms with Gasteiger partial charge in [-0.3, -0.25) is 4.79 Å². The van der Waals surface area contributed by atoms with Gasteiger partial charge in [-0.05, 0) is 38.2 Å². The number of hydrogen-bond donors (Lipinski definition) is 1. The number of hydrogen-bond acceptors (Lipinski definition) is 4. The van der Waals surface area contributed by atoms with Crippen molar-refractivity contribution in [2.24, 2.45) is 5.73 Å². The summed E-state index contributed by atoms with van der Waals surface area (Å²) in [5.74, 6) is 1.04. The van der Waals surface area contributed by atoms with Crippen LogP contribution in [0, 0.1) is 0 Å². The third-order valence-electron chi connectivity index (χ3n) is 3.39. The van der Waals surface area contributed by atoms with Crippen LogP contribution in [0.3, 0.4) is 0 Å². The van der Waals surface area contributed by atoms with Crippen LogP contribution in [-0.4, -0.2) is 54.7 Å². The average Bonchev–Trinajstić information content (AvgIpc) is 2.34. The van der Waals surface area contributed by atoms with Crippen molar-refractivity contribution in [2.45, 2.75) is 44.4 Å². The zero-order chi connectivity index (χ0) is 12.8. The first-order valence-electron chi connectivity index (χ1n) is 6.18. The van der Waals surface area contributed by atoms with E-state index >= 15 is 0 Å². The lowest BCUT2D eigenvalue weighted by atomic mass is 9.99. The fourth-order valence-corrected chi connectivity index (χ4v) is 2.74. The Balaban J connectivity index is 2.46. The Hall–Kier alpha value is -0.260. The maximum absolute atomic E-state index is 12.2. The summed E-state index contributed by atoms with van der Waals surface area (Å²) in [6.07, 6.45) is 4.91. The van der Waals surface area contributed by atoms with E-state index in [1.807, 2.05) is 11.2 Å². The van der Waals surface area contributed by atoms with Gasteiger partial charge in [0.15, 0.2) is 0 Å². The van der Waals surface area contributed by atoms with Crippen LogP contribution in [0.1, 0.15) is 26.2 Å². The Morgan fingerprint density at radius 2 is 2.35 bits per heavy atom. The second-order valence-corrected chi connectivity index (χ2v) is 5.64. The van der Waals surface area contributed by atoms with E-state index in [4.69, 9.17) is 10.5 Å². The zero-order valence-electron chi connectivity index (χ0n) is 11.0. The van der Waals surface area contributed by atoms with Crippen molar-refractivity contribution in [3.8, 4) is 0 Å². The average molecular weight is 260 g/mol. The van der Waals surface area contributed by atoms with E-state index in [-0.39, 0.29) is 24.1 Å². The van der Waals surface area contributed by atoms with Gasteiger partial charge in [-0.15, -0.1) is 0 Å². The molecule has 2 unspecified atom stereocenters. The smallest absolute Gasteiger partial charge is 0.239 e. The quantitative estimate of drug-likeness (QED) is 0.804. The summed E-state index contributed by atoms with van der Waals surface area (Å²) >= 11 is 1.73. The zero-order valence-corrected chi connectivity index (χ0v) is 11.8. The number of ether oxygens (including phenoxy) is 1. The minimum absolute atomic E-state index is 0.0982. The van der Waals surface area contributed by atoms with Crippen LogP contribution in [0.5, 0.6) is 0 Å². The van der Waals surface area contributed by atoms with E-state index in [0.29, 0.717) is 0 Å². The number of piperidine rings is 1. The van der Waals surface area contributed by atoms with Gasteiger partial charge in [-0.25, -0.2) is 0 Å². The molecule has 5 heteroatoms. The molecule has 1 amide bonds. The van der Waals surface area contributed by atoms with Gasteiger partial charge in [-0.2, -0.15) is 11.8 Å². The van der Waals surface area contributed by atoms with Crippen LogP contribution in [-0.2, 0) is 9.53 Å². The molecular formula is C12H24N2O2S. The SMILES string of the molecule is COC1CCN(C(=O)[C@@H](N)CCSC)C(C)C1. The Labute approximate surface area is 108 Å². The first-order chi connectivity index (χ1) is 8.10. The summed E-state index contributed by atoms with van der Waals surface area (Å²) in [6, 6.07) is -0.106. The van der Waals surface area contributed by atoms with Crippen molar-refractivity contribution in [3.63, 3.8) is 0 Å². The van der Waals surface area contributed by atoms with Crippen LogP contribution in [0.2, 0.25) is 0 Å². The molecule has 0 aromatic rings. The molecule has 3 atom stereocenters. The second kappa shape index (κ2) is 7.24. The number of nitrogens with two attached hydrogens (primary N) is 1. The third-order valence-corrected chi connectivity index (χ3v) is 4.04. The van der Waals surface area contributed by atoms with Gasteiger partial charge in [0.05, 0.1) is 12.1 Å². The highest BCUT2D eigenvalue weighted by Gasteiger charge is 2.30. The third kappa shape index (κ3) is 4.16. The van der Waals surface area contributed by atoms with Crippen LogP contribution >= 0.6 is 11.8 Å². The number of methoxy groups -OCH3 is 1. The molecule has 0 radical (unpaired) electrons. The lowest BCUT2D eigenvalue weighted by Gasteiger charge is -2.38. The minimum Gasteiger partial charge on any atom is -0.381 e. The number of carbonyl (C=O) groups excluding carboxylic acids is 1. The van der Waals surface area contributed by atoms with E-state index in [9.17, 15) is 4.79 Å². The summed E-state index contributed by atoms with van der Waals surface area (Å²) in [6.45, 7) is 2.84. The van der Waals surface area contributed by atoms with Gasteiger partial charge >= 0.3 is 0 Å². The first-order valence-corrected chi connectivity index (χ1v) is 7.57. The van der Waals surface area contributed by atoms with Crippen LogP contribution in [0.4, 0.5) is 0 Å². The van der Waals surface area contributed by atoms with Crippen molar-refractivity contribution in [2.75, 3.05) is 25.7 Å². The van der Waals surface area contributed by atoms with Crippen molar-refractivity contribution in [1.82, 2.24) is 4.90 Å². The van der Waals surface area contributed by atoms with Crippen molar-refractivity contribution < 1.29 is 9.53 Å². The predicted molar refractivity (Wildman–Crippen MR) is 72.2 cm³/mol. The molecule has 1 saturated heterocycles. The number of nitrogens with zero attached hydrogens (tertiary/aromatic N) is 1. The van der Waals surface area contributed by atoms with Gasteiger partial charge in [0, 0.05) is 19.7 Å². The molecule has 1 rings (SSSR count). The van der Waals surface area contributed by atoms with Crippen LogP contribution in [0.25, 0.3) is 0 Å². The van der Waals surface area contributed by atoms with Gasteiger partial charge < -0.3 is 15.4 Å². The van der Waals surface area contributed by atoms with Gasteiger partial charge in [0.1, 0.15) is 0 Å². The van der Waals surface area contributed by atoms with Crippen molar-refractivity contribution in [3.05, 3.63) is 0 Å². The lowest BCUT2D eigenvalue weighted by molar-refractivity contribution is -0.138. The van der Waals surface area contributed by atoms with E-state index in [2.05, 4.69) is 6.92 Å². The Morgan fingerprint density at radius 3 is 2.88 bits per heavy atom. The highest BCUT2D eigenvalue weighted by molar-refractivity contribution is 7.98. The maximum Gasteiger partial charge on any atom is 0.239 e. The summed E-state index contributed by atoms with van der Waals surface area (Å²) < 4.78 is 5.34. The Bertz CT molecular complexity index is 251. The molecule has 0 saturated carbocycles. The topological polar surface area (TPSA) is 55.6 Å². The number of likely N-dealkylation sites (tertiary alicyclic amines) is 1. The molecular weight excluding hydrogens is 236 g/mol. The standard InChI is InChI=1S/C12H24N2O2S/c1-9-8-10(16-2)4-6-14(9)12(15)11(13)5-7-17-3/h9-11H,4-8,13H2,1-3H3/t9?,10?,11-/m0/s1. The minimum atomic E-state index is -0.344. The molecule has 0 bridgehead atoms. The summed E-state index contributed by atoms with van der Waals surface area (Å²) in [7, 11) is 1.74. The normalized spacial score (nSPS) is 26.9. The predicted octanol–water partition coefficient (Wildman–Crippen LogP) is 1.09. The molecule has 1 fully saturated rings. The number of carbonyl (C=O) groups is 1. The Kier molecular flexibility index (Phi) is 6.30. The monoisotopic (exact) mass is 260 g/mol. The van der Waals surface area contributed by atoms with Gasteiger partial charge in [0.25, 0.3) is 0 Å². The van der Waals surface area contributed by atoms with Crippen LogP contribution in [0.15, 0.2) is 0 Å². The van der Waals surface area contributed by atoms with Crippen molar-refractivity contribution in [1.29, 1.82) is 0 Å². The van der Waals surface area contributed by atoms with E-state index in [1.165, 1.54) is 0 Å². The fraction of sp³-hybridized carbons (Fsp3) is 0.917. The second-order valence-electron chi connectivity index (χ2n) is 4.65. The van der Waals surface area contributed by atoms with Gasteiger partial charge in [0.2, 0.25) is 5.91 Å². The summed E-state index contributed by atoms with van der Waals surface area (Å²) in [4.78, 5) is 14.1. The molecule has 0 aliphatic carbocycles. The Morgan fingerprint density at radius 1 is 1.65 bits per heavy atom. The molecule has 100 valence electrons. The molecule has 2 N–H and O–H groups in total. The molecule has 17 heavy (non-hydrogen) atoms. The molecule has 4 nitrogen and oxygen atoms in total. The number of rotatable bonds is 5. The highest BCUT2D eigenvalue weighted by atomic mass is 32.2. The lowest BCUT2D eigenvalue weighted by Crippen LogP contribution is -2.52. The molecule has 0 aromatic carbocycles. The van der Waals surface area contributed by atoms with E-state index in [1.54, 1.807) is 18.9 Å². The fourth-order valence-electron chi connectivity index (χ4n) is 2.25. The molecule has 1 aliphatic rings. The number of thioether (sulfide) groups is 1. The summed E-state index contributed by atoms with van der Waals surface area (Å²) in [5.41, 5.74) is 5.93. The highest BCUT2D eigenvalue weighted by Crippen LogP contribution is 2.20. The van der Waals surface area contributed by atoms with E-state index < -0.39 is 0 Å². The van der Waals surface area contributed by atoms with Crippen molar-refractivity contribution >= 4 is 17.7 Å². The first kappa shape index (κ1) is 14.8. The van der Waals surface area contributed by atoms with Gasteiger partial charge in [-0.1, -0.05) is 0 Å². The maximum atomic E-state index is 12.2. The molecule has 1 aliphatic heterocycles. The molecule has 0 spiro atoms. The van der Waals surface area contributed by atoms with Crippen LogP contribution < -0.4 is 5.73 Å². The molecule has 1 heterocycles. The summed E-state index contributed by atoms with van der Waals surface area (Å²) in [5, 5.41) is 0. The van der Waals surface area contributed by atoms with E-state index in [0.717, 1.165) is 31.6 Å². The molecule has 0 aromatic heterocycles.